The third kappa shape index (κ3) is 3.27. The molecule has 4 rings (SSSR count). The highest BCUT2D eigenvalue weighted by Gasteiger charge is 2.32. The molecule has 1 aliphatic heterocycles. The number of fused-ring (bicyclic) bond motifs is 1. The molecule has 0 spiro atoms. The van der Waals surface area contributed by atoms with Crippen LogP contribution < -0.4 is 19.9 Å². The van der Waals surface area contributed by atoms with Crippen molar-refractivity contribution in [1.29, 1.82) is 0 Å². The van der Waals surface area contributed by atoms with Crippen LogP contribution >= 0.6 is 0 Å². The van der Waals surface area contributed by atoms with E-state index in [9.17, 15) is 0 Å². The lowest BCUT2D eigenvalue weighted by molar-refractivity contribution is 0.173. The molecule has 2 aromatic rings. The number of ether oxygens (including phenoxy) is 4. The van der Waals surface area contributed by atoms with Gasteiger partial charge in [-0.15, -0.1) is 10.2 Å². The molecule has 2 heterocycles. The summed E-state index contributed by atoms with van der Waals surface area (Å²) in [5.41, 5.74) is 5.91. The van der Waals surface area contributed by atoms with Crippen molar-refractivity contribution >= 4 is 0 Å². The van der Waals surface area contributed by atoms with Crippen LogP contribution in [0.3, 0.4) is 0 Å². The topological polar surface area (TPSA) is 93.7 Å². The summed E-state index contributed by atoms with van der Waals surface area (Å²) in [5, 5.41) is 8.69. The van der Waals surface area contributed by atoms with Gasteiger partial charge in [0.1, 0.15) is 18.2 Å². The highest BCUT2D eigenvalue weighted by Crippen LogP contribution is 2.36. The van der Waals surface area contributed by atoms with Gasteiger partial charge < -0.3 is 29.2 Å². The maximum absolute atomic E-state index is 5.91. The molecule has 25 heavy (non-hydrogen) atoms. The van der Waals surface area contributed by atoms with Crippen molar-refractivity contribution in [2.24, 2.45) is 5.73 Å². The van der Waals surface area contributed by atoms with E-state index in [2.05, 4.69) is 14.8 Å². The molecule has 1 aromatic heterocycles. The van der Waals surface area contributed by atoms with E-state index in [1.165, 1.54) is 0 Å². The van der Waals surface area contributed by atoms with Crippen molar-refractivity contribution in [3.8, 4) is 17.2 Å². The second-order valence-electron chi connectivity index (χ2n) is 6.35. The van der Waals surface area contributed by atoms with E-state index in [4.69, 9.17) is 24.7 Å². The molecule has 0 saturated heterocycles. The Morgan fingerprint density at radius 1 is 1.24 bits per heavy atom. The van der Waals surface area contributed by atoms with Gasteiger partial charge in [0.2, 0.25) is 6.79 Å². The smallest absolute Gasteiger partial charge is 0.231 e. The van der Waals surface area contributed by atoms with Crippen molar-refractivity contribution in [3.63, 3.8) is 0 Å². The van der Waals surface area contributed by atoms with Gasteiger partial charge in [-0.25, -0.2) is 0 Å². The largest absolute Gasteiger partial charge is 0.485 e. The van der Waals surface area contributed by atoms with Crippen molar-refractivity contribution in [1.82, 2.24) is 14.8 Å². The first-order chi connectivity index (χ1) is 12.2. The van der Waals surface area contributed by atoms with Gasteiger partial charge >= 0.3 is 0 Å². The van der Waals surface area contributed by atoms with Gasteiger partial charge in [-0.05, 0) is 25.0 Å². The molecule has 0 bridgehead atoms. The summed E-state index contributed by atoms with van der Waals surface area (Å²) in [6.07, 6.45) is 1.91. The Balaban J connectivity index is 1.47. The monoisotopic (exact) mass is 346 g/mol. The first-order valence-corrected chi connectivity index (χ1v) is 8.43. The van der Waals surface area contributed by atoms with Crippen LogP contribution in [0.2, 0.25) is 0 Å². The predicted octanol–water partition coefficient (Wildman–Crippen LogP) is 1.44. The lowest BCUT2D eigenvalue weighted by Gasteiger charge is -2.31. The van der Waals surface area contributed by atoms with E-state index in [-0.39, 0.29) is 12.8 Å². The second kappa shape index (κ2) is 6.89. The zero-order valence-electron chi connectivity index (χ0n) is 14.2. The van der Waals surface area contributed by atoms with Gasteiger partial charge in [0, 0.05) is 31.7 Å². The molecule has 1 saturated carbocycles. The van der Waals surface area contributed by atoms with Crippen molar-refractivity contribution in [3.05, 3.63) is 29.8 Å². The quantitative estimate of drug-likeness (QED) is 0.810. The van der Waals surface area contributed by atoms with Crippen molar-refractivity contribution in [2.45, 2.75) is 38.0 Å². The molecule has 2 aliphatic rings. The first kappa shape index (κ1) is 16.2. The van der Waals surface area contributed by atoms with E-state index in [1.54, 1.807) is 7.11 Å². The lowest BCUT2D eigenvalue weighted by atomic mass is 9.80. The summed E-state index contributed by atoms with van der Waals surface area (Å²) < 4.78 is 23.9. The fourth-order valence-electron chi connectivity index (χ4n) is 3.17. The summed E-state index contributed by atoms with van der Waals surface area (Å²) in [6.45, 7) is 1.87. The van der Waals surface area contributed by atoms with E-state index < -0.39 is 0 Å². The average molecular weight is 346 g/mol. The Morgan fingerprint density at radius 3 is 2.88 bits per heavy atom. The first-order valence-electron chi connectivity index (χ1n) is 8.43. The molecule has 0 unspecified atom stereocenters. The highest BCUT2D eigenvalue weighted by atomic mass is 16.7. The summed E-state index contributed by atoms with van der Waals surface area (Å²) in [7, 11) is 1.69. The Morgan fingerprint density at radius 2 is 2.08 bits per heavy atom. The second-order valence-corrected chi connectivity index (χ2v) is 6.35. The molecule has 0 radical (unpaired) electrons. The van der Waals surface area contributed by atoms with Crippen molar-refractivity contribution < 1.29 is 18.9 Å². The molecular weight excluding hydrogens is 324 g/mol. The third-order valence-electron chi connectivity index (χ3n) is 4.63. The Kier molecular flexibility index (Phi) is 4.46. The molecule has 8 nitrogen and oxygen atoms in total. The summed E-state index contributed by atoms with van der Waals surface area (Å²) in [5.74, 6) is 4.27. The van der Waals surface area contributed by atoms with Gasteiger partial charge in [0.05, 0.1) is 6.61 Å². The van der Waals surface area contributed by atoms with Crippen LogP contribution in [0, 0.1) is 0 Å². The summed E-state index contributed by atoms with van der Waals surface area (Å²) in [6, 6.07) is 5.79. The Hall–Kier alpha value is -2.32. The van der Waals surface area contributed by atoms with Gasteiger partial charge in [0.25, 0.3) is 0 Å². The minimum Gasteiger partial charge on any atom is -0.485 e. The van der Waals surface area contributed by atoms with E-state index in [0.717, 1.165) is 30.2 Å². The van der Waals surface area contributed by atoms with Crippen LogP contribution in [0.15, 0.2) is 18.2 Å². The Bertz CT molecular complexity index is 742. The Labute approximate surface area is 145 Å². The molecule has 0 amide bonds. The molecule has 134 valence electrons. The maximum atomic E-state index is 5.91. The summed E-state index contributed by atoms with van der Waals surface area (Å²) in [4.78, 5) is 0. The normalized spacial score (nSPS) is 21.2. The standard InChI is InChI=1S/C17H22N4O4/c1-22-5-4-21-16(19-20-17(21)11-6-12(18)7-11)9-23-13-2-3-14-15(8-13)25-10-24-14/h2-3,8,11-12H,4-7,9-10,18H2,1H3. The third-order valence-corrected chi connectivity index (χ3v) is 4.63. The zero-order chi connectivity index (χ0) is 17.2. The highest BCUT2D eigenvalue weighted by molar-refractivity contribution is 5.46. The van der Waals surface area contributed by atoms with Crippen LogP contribution in [0.4, 0.5) is 0 Å². The van der Waals surface area contributed by atoms with Gasteiger partial charge in [-0.1, -0.05) is 0 Å². The van der Waals surface area contributed by atoms with Crippen LogP contribution in [0.1, 0.15) is 30.4 Å². The van der Waals surface area contributed by atoms with Crippen LogP contribution in [0.25, 0.3) is 0 Å². The molecule has 0 atom stereocenters. The van der Waals surface area contributed by atoms with Crippen LogP contribution in [-0.4, -0.2) is 41.3 Å². The SMILES string of the molecule is COCCn1c(COc2ccc3c(c2)OCO3)nnc1C1CC(N)C1. The number of hydrogen-bond acceptors (Lipinski definition) is 7. The number of benzene rings is 1. The van der Waals surface area contributed by atoms with E-state index in [1.807, 2.05) is 18.2 Å². The zero-order valence-corrected chi connectivity index (χ0v) is 14.2. The number of hydrogen-bond donors (Lipinski definition) is 1. The van der Waals surface area contributed by atoms with E-state index >= 15 is 0 Å². The number of aromatic nitrogens is 3. The lowest BCUT2D eigenvalue weighted by Crippen LogP contribution is -2.36. The van der Waals surface area contributed by atoms with Crippen LogP contribution in [0.5, 0.6) is 17.2 Å². The summed E-state index contributed by atoms with van der Waals surface area (Å²) >= 11 is 0. The minimum absolute atomic E-state index is 0.247. The van der Waals surface area contributed by atoms with E-state index in [0.29, 0.717) is 37.2 Å². The molecule has 1 aliphatic carbocycles. The van der Waals surface area contributed by atoms with Gasteiger partial charge in [0.15, 0.2) is 17.3 Å². The number of methoxy groups -OCH3 is 1. The molecule has 8 heteroatoms. The van der Waals surface area contributed by atoms with Gasteiger partial charge in [-0.3, -0.25) is 0 Å². The van der Waals surface area contributed by atoms with Crippen molar-refractivity contribution in [2.75, 3.05) is 20.5 Å². The number of nitrogens with zero attached hydrogens (tertiary/aromatic N) is 3. The molecule has 1 fully saturated rings. The molecule has 2 N–H and O–H groups in total. The number of nitrogens with two attached hydrogens (primary N) is 1. The average Bonchev–Trinajstić information content (AvgIpc) is 3.21. The van der Waals surface area contributed by atoms with Crippen LogP contribution in [-0.2, 0) is 17.9 Å². The van der Waals surface area contributed by atoms with Gasteiger partial charge in [-0.2, -0.15) is 0 Å². The minimum atomic E-state index is 0.247. The molecule has 1 aromatic carbocycles. The fraction of sp³-hybridized carbons (Fsp3) is 0.529. The predicted molar refractivity (Wildman–Crippen MR) is 88.7 cm³/mol. The maximum Gasteiger partial charge on any atom is 0.231 e. The fourth-order valence-corrected chi connectivity index (χ4v) is 3.17. The molecular formula is C17H22N4O4. The number of rotatable bonds is 7.